The van der Waals surface area contributed by atoms with Crippen LogP contribution in [-0.2, 0) is 4.79 Å². The van der Waals surface area contributed by atoms with E-state index in [1.165, 1.54) is 0 Å². The van der Waals surface area contributed by atoms with Crippen LogP contribution in [-0.4, -0.2) is 27.3 Å². The smallest absolute Gasteiger partial charge is 0.237 e. The minimum absolute atomic E-state index is 0.0729. The number of primary amides is 1. The molecular weight excluding hydrogens is 320 g/mol. The Labute approximate surface area is 129 Å². The predicted molar refractivity (Wildman–Crippen MR) is 84.6 cm³/mol. The number of nitrogens with zero attached hydrogens (tertiary/aromatic N) is 2. The number of aromatic nitrogens is 2. The van der Waals surface area contributed by atoms with Gasteiger partial charge in [0.15, 0.2) is 0 Å². The molecule has 0 aliphatic rings. The SMILES string of the molecule is Cc1nn(C(C)CC(C)(NC(C)C)C(N)=O)c(C)c1Br. The first kappa shape index (κ1) is 17.2. The Hall–Kier alpha value is -0.880. The summed E-state index contributed by atoms with van der Waals surface area (Å²) in [7, 11) is 0. The van der Waals surface area contributed by atoms with Gasteiger partial charge in [0.1, 0.15) is 0 Å². The second-order valence-electron chi connectivity index (χ2n) is 5.98. The Morgan fingerprint density at radius 1 is 1.45 bits per heavy atom. The molecule has 5 nitrogen and oxygen atoms in total. The third kappa shape index (κ3) is 3.61. The van der Waals surface area contributed by atoms with Crippen LogP contribution in [0.2, 0.25) is 0 Å². The van der Waals surface area contributed by atoms with Crippen molar-refractivity contribution in [2.24, 2.45) is 5.73 Å². The Bertz CT molecular complexity index is 498. The minimum Gasteiger partial charge on any atom is -0.368 e. The van der Waals surface area contributed by atoms with Gasteiger partial charge < -0.3 is 11.1 Å². The molecule has 0 radical (unpaired) electrons. The fourth-order valence-corrected chi connectivity index (χ4v) is 2.88. The molecule has 0 saturated carbocycles. The van der Waals surface area contributed by atoms with Gasteiger partial charge in [0.25, 0.3) is 0 Å². The Morgan fingerprint density at radius 3 is 2.35 bits per heavy atom. The van der Waals surface area contributed by atoms with Crippen molar-refractivity contribution in [3.05, 3.63) is 15.9 Å². The Kier molecular flexibility index (Phi) is 5.38. The molecule has 0 bridgehead atoms. The molecule has 0 aromatic carbocycles. The molecule has 114 valence electrons. The lowest BCUT2D eigenvalue weighted by Crippen LogP contribution is -2.56. The third-order valence-electron chi connectivity index (χ3n) is 3.51. The molecule has 20 heavy (non-hydrogen) atoms. The lowest BCUT2D eigenvalue weighted by molar-refractivity contribution is -0.124. The van der Waals surface area contributed by atoms with Crippen molar-refractivity contribution in [2.45, 2.75) is 65.6 Å². The van der Waals surface area contributed by atoms with Crippen LogP contribution in [0.3, 0.4) is 0 Å². The van der Waals surface area contributed by atoms with Gasteiger partial charge in [0.2, 0.25) is 5.91 Å². The van der Waals surface area contributed by atoms with Gasteiger partial charge in [-0.3, -0.25) is 9.48 Å². The normalized spacial score (nSPS) is 16.2. The number of hydrogen-bond acceptors (Lipinski definition) is 3. The molecule has 0 spiro atoms. The lowest BCUT2D eigenvalue weighted by Gasteiger charge is -2.32. The van der Waals surface area contributed by atoms with E-state index in [2.05, 4.69) is 33.3 Å². The van der Waals surface area contributed by atoms with E-state index in [0.717, 1.165) is 15.9 Å². The van der Waals surface area contributed by atoms with E-state index in [4.69, 9.17) is 5.73 Å². The predicted octanol–water partition coefficient (Wildman–Crippen LogP) is 2.46. The summed E-state index contributed by atoms with van der Waals surface area (Å²) in [5.41, 5.74) is 6.85. The van der Waals surface area contributed by atoms with Crippen LogP contribution in [0.4, 0.5) is 0 Å². The van der Waals surface area contributed by atoms with Crippen molar-refractivity contribution < 1.29 is 4.79 Å². The molecule has 3 N–H and O–H groups in total. The third-order valence-corrected chi connectivity index (χ3v) is 4.66. The van der Waals surface area contributed by atoms with E-state index in [0.29, 0.717) is 6.42 Å². The van der Waals surface area contributed by atoms with E-state index in [1.54, 1.807) is 0 Å². The average Bonchev–Trinajstić information content (AvgIpc) is 2.55. The monoisotopic (exact) mass is 344 g/mol. The summed E-state index contributed by atoms with van der Waals surface area (Å²) in [6.07, 6.45) is 0.592. The summed E-state index contributed by atoms with van der Waals surface area (Å²) < 4.78 is 2.96. The van der Waals surface area contributed by atoms with Crippen molar-refractivity contribution in [2.75, 3.05) is 0 Å². The molecule has 1 rings (SSSR count). The van der Waals surface area contributed by atoms with Gasteiger partial charge in [0.05, 0.1) is 27.4 Å². The Balaban J connectivity index is 2.99. The molecular formula is C14H25BrN4O. The van der Waals surface area contributed by atoms with Crippen molar-refractivity contribution in [3.8, 4) is 0 Å². The minimum atomic E-state index is -0.744. The molecule has 2 unspecified atom stereocenters. The molecule has 0 aliphatic heterocycles. The number of carbonyl (C=O) groups is 1. The maximum Gasteiger partial charge on any atom is 0.237 e. The molecule has 1 aromatic heterocycles. The maximum absolute atomic E-state index is 11.8. The summed E-state index contributed by atoms with van der Waals surface area (Å²) in [6.45, 7) is 11.9. The van der Waals surface area contributed by atoms with E-state index < -0.39 is 5.54 Å². The van der Waals surface area contributed by atoms with Gasteiger partial charge in [-0.1, -0.05) is 0 Å². The zero-order valence-electron chi connectivity index (χ0n) is 13.1. The highest BCUT2D eigenvalue weighted by Gasteiger charge is 2.34. The molecule has 0 saturated heterocycles. The summed E-state index contributed by atoms with van der Waals surface area (Å²) in [5.74, 6) is -0.335. The zero-order valence-corrected chi connectivity index (χ0v) is 14.7. The van der Waals surface area contributed by atoms with Crippen molar-refractivity contribution >= 4 is 21.8 Å². The number of halogens is 1. The first-order valence-electron chi connectivity index (χ1n) is 6.87. The molecule has 1 amide bonds. The first-order valence-corrected chi connectivity index (χ1v) is 7.66. The van der Waals surface area contributed by atoms with Crippen LogP contribution in [0.1, 0.15) is 51.5 Å². The number of nitrogens with two attached hydrogens (primary N) is 1. The summed E-state index contributed by atoms with van der Waals surface area (Å²) in [6, 6.07) is 0.260. The molecule has 6 heteroatoms. The standard InChI is InChI=1S/C14H25BrN4O/c1-8(2)17-14(6,13(16)20)7-9(3)19-11(5)12(15)10(4)18-19/h8-9,17H,7H2,1-6H3,(H2,16,20). The van der Waals surface area contributed by atoms with Crippen LogP contribution < -0.4 is 11.1 Å². The van der Waals surface area contributed by atoms with Crippen molar-refractivity contribution in [1.29, 1.82) is 0 Å². The van der Waals surface area contributed by atoms with Crippen LogP contribution in [0.5, 0.6) is 0 Å². The van der Waals surface area contributed by atoms with Crippen LogP contribution in [0.15, 0.2) is 4.47 Å². The Morgan fingerprint density at radius 2 is 2.00 bits per heavy atom. The second-order valence-corrected chi connectivity index (χ2v) is 6.77. The molecule has 0 aliphatic carbocycles. The van der Waals surface area contributed by atoms with Crippen LogP contribution >= 0.6 is 15.9 Å². The van der Waals surface area contributed by atoms with E-state index in [9.17, 15) is 4.79 Å². The lowest BCUT2D eigenvalue weighted by atomic mass is 9.92. The molecule has 1 heterocycles. The molecule has 2 atom stereocenters. The fraction of sp³-hybridized carbons (Fsp3) is 0.714. The molecule has 0 fully saturated rings. The topological polar surface area (TPSA) is 72.9 Å². The van der Waals surface area contributed by atoms with E-state index >= 15 is 0 Å². The number of nitrogens with one attached hydrogen (secondary N) is 1. The highest BCUT2D eigenvalue weighted by Crippen LogP contribution is 2.27. The fourth-order valence-electron chi connectivity index (χ4n) is 2.62. The van der Waals surface area contributed by atoms with Crippen LogP contribution in [0, 0.1) is 13.8 Å². The number of hydrogen-bond donors (Lipinski definition) is 2. The van der Waals surface area contributed by atoms with Crippen LogP contribution in [0.25, 0.3) is 0 Å². The highest BCUT2D eigenvalue weighted by molar-refractivity contribution is 9.10. The largest absolute Gasteiger partial charge is 0.368 e. The van der Waals surface area contributed by atoms with Gasteiger partial charge in [-0.25, -0.2) is 0 Å². The first-order chi connectivity index (χ1) is 9.08. The number of rotatable bonds is 6. The number of amides is 1. The number of carbonyl (C=O) groups excluding carboxylic acids is 1. The van der Waals surface area contributed by atoms with E-state index in [-0.39, 0.29) is 18.0 Å². The summed E-state index contributed by atoms with van der Waals surface area (Å²) in [5, 5.41) is 7.79. The highest BCUT2D eigenvalue weighted by atomic mass is 79.9. The maximum atomic E-state index is 11.8. The van der Waals surface area contributed by atoms with Gasteiger partial charge >= 0.3 is 0 Å². The van der Waals surface area contributed by atoms with Crippen molar-refractivity contribution in [1.82, 2.24) is 15.1 Å². The van der Waals surface area contributed by atoms with Gasteiger partial charge in [-0.2, -0.15) is 5.10 Å². The second kappa shape index (κ2) is 6.26. The quantitative estimate of drug-likeness (QED) is 0.832. The summed E-state index contributed by atoms with van der Waals surface area (Å²) >= 11 is 3.53. The summed E-state index contributed by atoms with van der Waals surface area (Å²) in [4.78, 5) is 11.8. The molecule has 1 aromatic rings. The van der Waals surface area contributed by atoms with Gasteiger partial charge in [-0.15, -0.1) is 0 Å². The van der Waals surface area contributed by atoms with Gasteiger partial charge in [0, 0.05) is 6.04 Å². The van der Waals surface area contributed by atoms with Gasteiger partial charge in [-0.05, 0) is 63.9 Å². The zero-order chi connectivity index (χ0) is 15.7. The average molecular weight is 345 g/mol. The van der Waals surface area contributed by atoms with Crippen molar-refractivity contribution in [3.63, 3.8) is 0 Å². The van der Waals surface area contributed by atoms with E-state index in [1.807, 2.05) is 39.3 Å². The number of aryl methyl sites for hydroxylation is 1.